The monoisotopic (exact) mass is 441 g/mol. The normalized spacial score (nSPS) is 21.4. The molecule has 168 valence electrons. The molecule has 1 fully saturated rings. The van der Waals surface area contributed by atoms with E-state index in [9.17, 15) is 9.90 Å². The van der Waals surface area contributed by atoms with Gasteiger partial charge < -0.3 is 19.5 Å². The second-order valence-corrected chi connectivity index (χ2v) is 9.10. The summed E-state index contributed by atoms with van der Waals surface area (Å²) >= 11 is 0. The van der Waals surface area contributed by atoms with Crippen LogP contribution in [0.3, 0.4) is 0 Å². The van der Waals surface area contributed by atoms with Gasteiger partial charge in [-0.25, -0.2) is 4.79 Å². The van der Waals surface area contributed by atoms with E-state index in [1.807, 2.05) is 24.3 Å². The predicted octanol–water partition coefficient (Wildman–Crippen LogP) is 5.42. The van der Waals surface area contributed by atoms with Crippen molar-refractivity contribution >= 4 is 6.09 Å². The summed E-state index contributed by atoms with van der Waals surface area (Å²) < 4.78 is 12.0. The fraction of sp³-hybridized carbons (Fsp3) is 0.321. The molecule has 5 heteroatoms. The number of ether oxygens (including phenoxy) is 2. The first-order chi connectivity index (χ1) is 16.2. The molecule has 0 spiro atoms. The highest BCUT2D eigenvalue weighted by atomic mass is 16.6. The average molecular weight is 442 g/mol. The number of carbonyl (C=O) groups is 1. The summed E-state index contributed by atoms with van der Waals surface area (Å²) in [6.45, 7) is 1.55. The van der Waals surface area contributed by atoms with E-state index >= 15 is 0 Å². The number of nitrogens with zero attached hydrogens (tertiary/aromatic N) is 1. The quantitative estimate of drug-likeness (QED) is 0.590. The van der Waals surface area contributed by atoms with Gasteiger partial charge in [-0.15, -0.1) is 0 Å². The van der Waals surface area contributed by atoms with Gasteiger partial charge in [-0.05, 0) is 53.1 Å². The molecular weight excluding hydrogens is 414 g/mol. The van der Waals surface area contributed by atoms with Gasteiger partial charge in [-0.2, -0.15) is 0 Å². The standard InChI is InChI=1S/C28H27NO4/c30-25-13-5-7-18-14-16-32-27(26(18)25)24-12-6-15-29(24)28(31)33-17-23-21-10-3-1-8-19(21)20-9-2-4-11-22(20)23/h1-5,7-11,13,23-24,27,30H,6,12,14-17H2/t24?,27-/m0/s1. The molecule has 5 nitrogen and oxygen atoms in total. The molecule has 3 aliphatic rings. The lowest BCUT2D eigenvalue weighted by molar-refractivity contribution is -0.0139. The van der Waals surface area contributed by atoms with E-state index < -0.39 is 0 Å². The number of fused-ring (bicyclic) bond motifs is 4. The zero-order chi connectivity index (χ0) is 22.4. The summed E-state index contributed by atoms with van der Waals surface area (Å²) in [5.41, 5.74) is 6.78. The third-order valence-electron chi connectivity index (χ3n) is 7.35. The molecule has 1 saturated heterocycles. The SMILES string of the molecule is O=C(OCC1c2ccccc2-c2ccccc21)N1CCCC1[C@@H]1OCCc2cccc(O)c21. The molecule has 2 atom stereocenters. The van der Waals surface area contributed by atoms with Crippen LogP contribution in [0.25, 0.3) is 11.1 Å². The molecule has 0 radical (unpaired) electrons. The molecule has 0 bridgehead atoms. The summed E-state index contributed by atoms with van der Waals surface area (Å²) in [5, 5.41) is 10.5. The first kappa shape index (κ1) is 20.3. The average Bonchev–Trinajstić information content (AvgIpc) is 3.46. The Morgan fingerprint density at radius 2 is 1.73 bits per heavy atom. The highest BCUT2D eigenvalue weighted by Crippen LogP contribution is 2.45. The first-order valence-corrected chi connectivity index (χ1v) is 11.8. The van der Waals surface area contributed by atoms with Crippen LogP contribution < -0.4 is 0 Å². The topological polar surface area (TPSA) is 59.0 Å². The van der Waals surface area contributed by atoms with Crippen molar-refractivity contribution in [3.05, 3.63) is 89.0 Å². The van der Waals surface area contributed by atoms with E-state index in [4.69, 9.17) is 9.47 Å². The Morgan fingerprint density at radius 3 is 2.48 bits per heavy atom. The van der Waals surface area contributed by atoms with Crippen molar-refractivity contribution in [2.45, 2.75) is 37.3 Å². The summed E-state index contributed by atoms with van der Waals surface area (Å²) in [4.78, 5) is 15.1. The number of amides is 1. The Kier molecular flexibility index (Phi) is 5.07. The summed E-state index contributed by atoms with van der Waals surface area (Å²) in [6, 6.07) is 22.2. The first-order valence-electron chi connectivity index (χ1n) is 11.8. The van der Waals surface area contributed by atoms with E-state index in [-0.39, 0.29) is 29.9 Å². The summed E-state index contributed by atoms with van der Waals surface area (Å²) in [6.07, 6.45) is 1.89. The van der Waals surface area contributed by atoms with Crippen molar-refractivity contribution in [2.75, 3.05) is 19.8 Å². The zero-order valence-electron chi connectivity index (χ0n) is 18.4. The van der Waals surface area contributed by atoms with Crippen LogP contribution in [0, 0.1) is 0 Å². The minimum absolute atomic E-state index is 0.0399. The molecule has 3 aromatic rings. The van der Waals surface area contributed by atoms with Crippen LogP contribution in [0.2, 0.25) is 0 Å². The molecule has 33 heavy (non-hydrogen) atoms. The minimum Gasteiger partial charge on any atom is -0.508 e. The number of aromatic hydroxyl groups is 1. The molecule has 6 rings (SSSR count). The van der Waals surface area contributed by atoms with E-state index in [2.05, 4.69) is 36.4 Å². The van der Waals surface area contributed by atoms with Crippen LogP contribution in [0.15, 0.2) is 66.7 Å². The number of phenols is 1. The predicted molar refractivity (Wildman–Crippen MR) is 125 cm³/mol. The third kappa shape index (κ3) is 3.39. The Balaban J connectivity index is 1.22. The maximum Gasteiger partial charge on any atom is 0.410 e. The second kappa shape index (κ2) is 8.23. The largest absolute Gasteiger partial charge is 0.508 e. The van der Waals surface area contributed by atoms with Gasteiger partial charge in [0.05, 0.1) is 12.6 Å². The molecule has 0 aromatic heterocycles. The van der Waals surface area contributed by atoms with Crippen molar-refractivity contribution in [2.24, 2.45) is 0 Å². The number of phenolic OH excluding ortho intramolecular Hbond substituents is 1. The van der Waals surface area contributed by atoms with Crippen LogP contribution in [0.5, 0.6) is 5.75 Å². The van der Waals surface area contributed by atoms with Crippen molar-refractivity contribution < 1.29 is 19.4 Å². The third-order valence-corrected chi connectivity index (χ3v) is 7.35. The summed E-state index contributed by atoms with van der Waals surface area (Å²) in [7, 11) is 0. The van der Waals surface area contributed by atoms with E-state index in [0.29, 0.717) is 19.8 Å². The van der Waals surface area contributed by atoms with Gasteiger partial charge in [0.1, 0.15) is 18.5 Å². The number of hydrogen-bond donors (Lipinski definition) is 1. The Hall–Kier alpha value is -3.31. The molecular formula is C28H27NO4. The van der Waals surface area contributed by atoms with Crippen LogP contribution in [-0.2, 0) is 15.9 Å². The lowest BCUT2D eigenvalue weighted by Crippen LogP contribution is -2.42. The van der Waals surface area contributed by atoms with Crippen LogP contribution in [0.1, 0.15) is 47.1 Å². The molecule has 1 aliphatic carbocycles. The van der Waals surface area contributed by atoms with Gasteiger partial charge in [0.15, 0.2) is 0 Å². The van der Waals surface area contributed by atoms with Gasteiger partial charge >= 0.3 is 6.09 Å². The molecule has 2 aliphatic heterocycles. The summed E-state index contributed by atoms with van der Waals surface area (Å²) in [5.74, 6) is 0.287. The van der Waals surface area contributed by atoms with Gasteiger partial charge in [-0.3, -0.25) is 0 Å². The number of hydrogen-bond acceptors (Lipinski definition) is 4. The lowest BCUT2D eigenvalue weighted by Gasteiger charge is -2.35. The Bertz CT molecular complexity index is 1160. The number of carbonyl (C=O) groups excluding carboxylic acids is 1. The number of likely N-dealkylation sites (tertiary alicyclic amines) is 1. The van der Waals surface area contributed by atoms with Crippen molar-refractivity contribution in [1.29, 1.82) is 0 Å². The fourth-order valence-electron chi connectivity index (χ4n) is 5.84. The number of benzene rings is 3. The lowest BCUT2D eigenvalue weighted by atomic mass is 9.91. The van der Waals surface area contributed by atoms with Gasteiger partial charge in [0, 0.05) is 18.0 Å². The van der Waals surface area contributed by atoms with E-state index in [1.54, 1.807) is 11.0 Å². The fourth-order valence-corrected chi connectivity index (χ4v) is 5.84. The molecule has 1 unspecified atom stereocenters. The van der Waals surface area contributed by atoms with E-state index in [0.717, 1.165) is 30.4 Å². The van der Waals surface area contributed by atoms with E-state index in [1.165, 1.54) is 22.3 Å². The highest BCUT2D eigenvalue weighted by Gasteiger charge is 2.41. The Morgan fingerprint density at radius 1 is 1.00 bits per heavy atom. The van der Waals surface area contributed by atoms with Crippen molar-refractivity contribution in [1.82, 2.24) is 4.90 Å². The van der Waals surface area contributed by atoms with Crippen molar-refractivity contribution in [3.63, 3.8) is 0 Å². The van der Waals surface area contributed by atoms with Crippen LogP contribution >= 0.6 is 0 Å². The van der Waals surface area contributed by atoms with Gasteiger partial charge in [0.25, 0.3) is 0 Å². The maximum absolute atomic E-state index is 13.3. The smallest absolute Gasteiger partial charge is 0.410 e. The molecule has 3 aromatic carbocycles. The Labute approximate surface area is 193 Å². The molecule has 1 N–H and O–H groups in total. The zero-order valence-corrected chi connectivity index (χ0v) is 18.4. The second-order valence-electron chi connectivity index (χ2n) is 9.10. The molecule has 2 heterocycles. The highest BCUT2D eigenvalue weighted by molar-refractivity contribution is 5.79. The van der Waals surface area contributed by atoms with Gasteiger partial charge in [-0.1, -0.05) is 60.7 Å². The minimum atomic E-state index is -0.321. The number of rotatable bonds is 3. The van der Waals surface area contributed by atoms with Crippen LogP contribution in [0.4, 0.5) is 4.79 Å². The van der Waals surface area contributed by atoms with Gasteiger partial charge in [0.2, 0.25) is 0 Å². The maximum atomic E-state index is 13.3. The molecule has 1 amide bonds. The van der Waals surface area contributed by atoms with Crippen molar-refractivity contribution in [3.8, 4) is 16.9 Å². The molecule has 0 saturated carbocycles. The van der Waals surface area contributed by atoms with Crippen LogP contribution in [-0.4, -0.2) is 41.9 Å².